The van der Waals surface area contributed by atoms with Crippen molar-refractivity contribution in [2.24, 2.45) is 4.99 Å². The maximum atomic E-state index is 12.8. The topological polar surface area (TPSA) is 88.4 Å². The molecule has 2 aromatic carbocycles. The number of benzene rings is 2. The second kappa shape index (κ2) is 10.3. The quantitative estimate of drug-likeness (QED) is 0.588. The van der Waals surface area contributed by atoms with Crippen LogP contribution in [0.4, 0.5) is 5.69 Å². The Morgan fingerprint density at radius 2 is 1.66 bits per heavy atom. The van der Waals surface area contributed by atoms with Gasteiger partial charge in [0.05, 0.1) is 18.1 Å². The predicted molar refractivity (Wildman–Crippen MR) is 114 cm³/mol. The minimum absolute atomic E-state index is 0.0250. The van der Waals surface area contributed by atoms with Gasteiger partial charge in [-0.3, -0.25) is 4.99 Å². The molecule has 0 saturated heterocycles. The van der Waals surface area contributed by atoms with E-state index in [1.54, 1.807) is 38.1 Å². The molecule has 0 radical (unpaired) electrons. The standard InChI is InChI=1S/C21H28N2O5S/c1-5-23(6-2)29(25,26)17-12-13-19(27-7-3)18(14-17)22-15-16-10-9-11-20(21(16)24)28-8-4/h9-15,24H,5-8H2,1-4H3. The largest absolute Gasteiger partial charge is 0.504 e. The van der Waals surface area contributed by atoms with Gasteiger partial charge in [0.1, 0.15) is 11.4 Å². The van der Waals surface area contributed by atoms with Crippen LogP contribution in [0.5, 0.6) is 17.2 Å². The van der Waals surface area contributed by atoms with E-state index in [-0.39, 0.29) is 10.6 Å². The summed E-state index contributed by atoms with van der Waals surface area (Å²) in [6, 6.07) is 9.71. The van der Waals surface area contributed by atoms with Gasteiger partial charge >= 0.3 is 0 Å². The first-order chi connectivity index (χ1) is 13.9. The van der Waals surface area contributed by atoms with Gasteiger partial charge < -0.3 is 14.6 Å². The Balaban J connectivity index is 2.48. The van der Waals surface area contributed by atoms with Gasteiger partial charge in [0.25, 0.3) is 0 Å². The molecular weight excluding hydrogens is 392 g/mol. The number of hydrogen-bond donors (Lipinski definition) is 1. The third-order valence-corrected chi connectivity index (χ3v) is 6.29. The Kier molecular flexibility index (Phi) is 8.04. The fourth-order valence-corrected chi connectivity index (χ4v) is 4.28. The van der Waals surface area contributed by atoms with Crippen molar-refractivity contribution in [3.63, 3.8) is 0 Å². The summed E-state index contributed by atoms with van der Waals surface area (Å²) in [4.78, 5) is 4.54. The Morgan fingerprint density at radius 3 is 2.28 bits per heavy atom. The Bertz CT molecular complexity index is 954. The molecule has 0 saturated carbocycles. The van der Waals surface area contributed by atoms with Crippen LogP contribution in [-0.2, 0) is 10.0 Å². The van der Waals surface area contributed by atoms with Crippen LogP contribution in [0.15, 0.2) is 46.3 Å². The molecule has 7 nitrogen and oxygen atoms in total. The summed E-state index contributed by atoms with van der Waals surface area (Å²) in [5.74, 6) is 0.796. The summed E-state index contributed by atoms with van der Waals surface area (Å²) >= 11 is 0. The summed E-state index contributed by atoms with van der Waals surface area (Å²) in [7, 11) is -3.63. The van der Waals surface area contributed by atoms with E-state index in [0.29, 0.717) is 49.1 Å². The fraction of sp³-hybridized carbons (Fsp3) is 0.381. The van der Waals surface area contributed by atoms with Crippen LogP contribution in [0.25, 0.3) is 0 Å². The number of phenolic OH excluding ortho intramolecular Hbond substituents is 1. The van der Waals surface area contributed by atoms with Crippen LogP contribution in [0.1, 0.15) is 33.3 Å². The third-order valence-electron chi connectivity index (χ3n) is 4.25. The number of phenols is 1. The number of ether oxygens (including phenoxy) is 2. The van der Waals surface area contributed by atoms with Crippen molar-refractivity contribution in [2.75, 3.05) is 26.3 Å². The van der Waals surface area contributed by atoms with Crippen molar-refractivity contribution < 1.29 is 23.0 Å². The van der Waals surface area contributed by atoms with Gasteiger partial charge in [0, 0.05) is 24.9 Å². The smallest absolute Gasteiger partial charge is 0.243 e. The maximum Gasteiger partial charge on any atom is 0.243 e. The van der Waals surface area contributed by atoms with E-state index in [9.17, 15) is 13.5 Å². The van der Waals surface area contributed by atoms with Gasteiger partial charge in [-0.25, -0.2) is 8.42 Å². The number of aliphatic imine (C=N–C) groups is 1. The molecule has 1 N–H and O–H groups in total. The molecule has 0 atom stereocenters. The lowest BCUT2D eigenvalue weighted by Crippen LogP contribution is -2.30. The molecule has 8 heteroatoms. The van der Waals surface area contributed by atoms with Crippen LogP contribution in [0.3, 0.4) is 0 Å². The molecule has 0 aromatic heterocycles. The summed E-state index contributed by atoms with van der Waals surface area (Å²) in [6.07, 6.45) is 1.46. The SMILES string of the molecule is CCOc1ccc(S(=O)(=O)N(CC)CC)cc1N=Cc1cccc(OCC)c1O. The average molecular weight is 421 g/mol. The molecule has 2 aromatic rings. The average Bonchev–Trinajstić information content (AvgIpc) is 2.70. The number of para-hydroxylation sites is 1. The highest BCUT2D eigenvalue weighted by molar-refractivity contribution is 7.89. The first kappa shape index (κ1) is 22.7. The predicted octanol–water partition coefficient (Wildman–Crippen LogP) is 3.97. The first-order valence-electron chi connectivity index (χ1n) is 9.64. The molecule has 2 rings (SSSR count). The van der Waals surface area contributed by atoms with Crippen LogP contribution in [0, 0.1) is 0 Å². The second-order valence-corrected chi connectivity index (χ2v) is 7.98. The Morgan fingerprint density at radius 1 is 1.00 bits per heavy atom. The normalized spacial score (nSPS) is 11.9. The number of sulfonamides is 1. The molecule has 0 unspecified atom stereocenters. The molecule has 0 amide bonds. The summed E-state index contributed by atoms with van der Waals surface area (Å²) < 4.78 is 38.0. The summed E-state index contributed by atoms with van der Waals surface area (Å²) in [5, 5.41) is 10.3. The lowest BCUT2D eigenvalue weighted by molar-refractivity contribution is 0.318. The highest BCUT2D eigenvalue weighted by Gasteiger charge is 2.22. The van der Waals surface area contributed by atoms with Crippen LogP contribution in [-0.4, -0.2) is 50.3 Å². The zero-order valence-corrected chi connectivity index (χ0v) is 18.1. The van der Waals surface area contributed by atoms with Crippen molar-refractivity contribution in [2.45, 2.75) is 32.6 Å². The van der Waals surface area contributed by atoms with Crippen LogP contribution in [0.2, 0.25) is 0 Å². The molecule has 0 fully saturated rings. The summed E-state index contributed by atoms with van der Waals surface area (Å²) in [5.41, 5.74) is 0.816. The van der Waals surface area contributed by atoms with Gasteiger partial charge in [0.15, 0.2) is 11.5 Å². The number of nitrogens with zero attached hydrogens (tertiary/aromatic N) is 2. The molecule has 0 heterocycles. The van der Waals surface area contributed by atoms with Crippen molar-refractivity contribution in [3.05, 3.63) is 42.0 Å². The summed E-state index contributed by atoms with van der Waals surface area (Å²) in [6.45, 7) is 8.85. The molecular formula is C21H28N2O5S. The van der Waals surface area contributed by atoms with Gasteiger partial charge in [-0.1, -0.05) is 19.9 Å². The van der Waals surface area contributed by atoms with Crippen molar-refractivity contribution in [1.82, 2.24) is 4.31 Å². The lowest BCUT2D eigenvalue weighted by atomic mass is 10.2. The van der Waals surface area contributed by atoms with Gasteiger partial charge in [-0.15, -0.1) is 0 Å². The Labute approximate surface area is 172 Å². The zero-order valence-electron chi connectivity index (χ0n) is 17.3. The number of aromatic hydroxyl groups is 1. The molecule has 29 heavy (non-hydrogen) atoms. The van der Waals surface area contributed by atoms with Gasteiger partial charge in [-0.2, -0.15) is 4.31 Å². The molecule has 0 aliphatic rings. The fourth-order valence-electron chi connectivity index (χ4n) is 2.80. The third kappa shape index (κ3) is 5.27. The number of hydrogen-bond acceptors (Lipinski definition) is 6. The van der Waals surface area contributed by atoms with E-state index in [1.807, 2.05) is 13.8 Å². The second-order valence-electron chi connectivity index (χ2n) is 6.04. The van der Waals surface area contributed by atoms with Crippen LogP contribution >= 0.6 is 0 Å². The van der Waals surface area contributed by atoms with Crippen molar-refractivity contribution >= 4 is 21.9 Å². The monoisotopic (exact) mass is 420 g/mol. The molecule has 0 spiro atoms. The van der Waals surface area contributed by atoms with E-state index in [0.717, 1.165) is 0 Å². The van der Waals surface area contributed by atoms with Gasteiger partial charge in [0.2, 0.25) is 10.0 Å². The van der Waals surface area contributed by atoms with Gasteiger partial charge in [-0.05, 0) is 44.2 Å². The molecule has 0 aliphatic heterocycles. The van der Waals surface area contributed by atoms with Crippen LogP contribution < -0.4 is 9.47 Å². The van der Waals surface area contributed by atoms with E-state index in [4.69, 9.17) is 9.47 Å². The highest BCUT2D eigenvalue weighted by Crippen LogP contribution is 2.33. The molecule has 158 valence electrons. The Hall–Kier alpha value is -2.58. The van der Waals surface area contributed by atoms with E-state index < -0.39 is 10.0 Å². The molecule has 0 aliphatic carbocycles. The minimum atomic E-state index is -3.63. The zero-order chi connectivity index (χ0) is 21.4. The highest BCUT2D eigenvalue weighted by atomic mass is 32.2. The van der Waals surface area contributed by atoms with Crippen molar-refractivity contribution in [1.29, 1.82) is 0 Å². The maximum absolute atomic E-state index is 12.8. The number of rotatable bonds is 10. The minimum Gasteiger partial charge on any atom is -0.504 e. The van der Waals surface area contributed by atoms with E-state index >= 15 is 0 Å². The van der Waals surface area contributed by atoms with E-state index in [2.05, 4.69) is 4.99 Å². The first-order valence-corrected chi connectivity index (χ1v) is 11.1. The van der Waals surface area contributed by atoms with E-state index in [1.165, 1.54) is 22.7 Å². The molecule has 0 bridgehead atoms. The lowest BCUT2D eigenvalue weighted by Gasteiger charge is -2.19. The van der Waals surface area contributed by atoms with Crippen molar-refractivity contribution in [3.8, 4) is 17.2 Å².